The Balaban J connectivity index is 1.36. The van der Waals surface area contributed by atoms with Crippen molar-refractivity contribution in [3.05, 3.63) is 35.4 Å². The molecule has 156 valence electrons. The number of nitrogens with zero attached hydrogens (tertiary/aromatic N) is 3. The zero-order chi connectivity index (χ0) is 20.4. The van der Waals surface area contributed by atoms with Crippen LogP contribution in [-0.4, -0.2) is 64.6 Å². The van der Waals surface area contributed by atoms with Crippen LogP contribution in [0.15, 0.2) is 24.3 Å². The number of piperazine rings is 1. The highest BCUT2D eigenvalue weighted by Gasteiger charge is 2.37. The maximum Gasteiger partial charge on any atom is 0.312 e. The monoisotopic (exact) mass is 397 g/mol. The van der Waals surface area contributed by atoms with E-state index in [-0.39, 0.29) is 17.9 Å². The van der Waals surface area contributed by atoms with Gasteiger partial charge < -0.3 is 14.7 Å². The number of benzene rings is 1. The maximum atomic E-state index is 12.7. The molecule has 4 rings (SSSR count). The van der Waals surface area contributed by atoms with Crippen LogP contribution in [-0.2, 0) is 16.1 Å². The van der Waals surface area contributed by atoms with E-state index in [0.29, 0.717) is 31.1 Å². The molecule has 1 unspecified atom stereocenters. The molecular weight excluding hydrogens is 366 g/mol. The molecule has 1 saturated carbocycles. The smallest absolute Gasteiger partial charge is 0.312 e. The van der Waals surface area contributed by atoms with Crippen molar-refractivity contribution in [2.45, 2.75) is 58.0 Å². The van der Waals surface area contributed by atoms with E-state index < -0.39 is 5.91 Å². The number of hydrogen-bond donors (Lipinski definition) is 0. The lowest BCUT2D eigenvalue weighted by atomic mass is 9.99. The van der Waals surface area contributed by atoms with E-state index in [2.05, 4.69) is 6.92 Å². The van der Waals surface area contributed by atoms with Gasteiger partial charge in [0.2, 0.25) is 0 Å². The number of hydrogen-bond acceptors (Lipinski definition) is 3. The summed E-state index contributed by atoms with van der Waals surface area (Å²) >= 11 is 0. The first-order valence-corrected chi connectivity index (χ1v) is 11.0. The molecule has 3 amide bonds. The van der Waals surface area contributed by atoms with E-state index in [0.717, 1.165) is 50.8 Å². The van der Waals surface area contributed by atoms with Gasteiger partial charge in [-0.2, -0.15) is 0 Å². The molecule has 2 saturated heterocycles. The first-order chi connectivity index (χ1) is 14.0. The van der Waals surface area contributed by atoms with Crippen LogP contribution in [0, 0.1) is 5.92 Å². The van der Waals surface area contributed by atoms with Crippen LogP contribution < -0.4 is 0 Å². The van der Waals surface area contributed by atoms with Crippen molar-refractivity contribution in [1.82, 2.24) is 14.7 Å². The quantitative estimate of drug-likeness (QED) is 0.734. The Bertz CT molecular complexity index is 770. The third-order valence-corrected chi connectivity index (χ3v) is 6.63. The SMILES string of the molecule is CC1CCCN(C(=O)c2ccc(CN3CCN(C4CCCC4)C(=O)C3=O)cc2)C1. The van der Waals surface area contributed by atoms with Gasteiger partial charge in [0.1, 0.15) is 0 Å². The number of piperidine rings is 1. The molecule has 3 aliphatic rings. The summed E-state index contributed by atoms with van der Waals surface area (Å²) < 4.78 is 0. The van der Waals surface area contributed by atoms with Crippen LogP contribution in [0.5, 0.6) is 0 Å². The standard InChI is InChI=1S/C23H31N3O3/c1-17-5-4-12-24(15-17)21(27)19-10-8-18(9-11-19)16-25-13-14-26(23(29)22(25)28)20-6-2-3-7-20/h8-11,17,20H,2-7,12-16H2,1H3. The molecule has 2 aliphatic heterocycles. The zero-order valence-electron chi connectivity index (χ0n) is 17.3. The molecule has 6 nitrogen and oxygen atoms in total. The molecule has 2 heterocycles. The molecule has 1 aromatic rings. The highest BCUT2D eigenvalue weighted by Crippen LogP contribution is 2.25. The first-order valence-electron chi connectivity index (χ1n) is 11.0. The Labute approximate surface area is 172 Å². The van der Waals surface area contributed by atoms with Crippen LogP contribution >= 0.6 is 0 Å². The molecule has 1 aliphatic carbocycles. The van der Waals surface area contributed by atoms with E-state index in [1.54, 1.807) is 9.80 Å². The highest BCUT2D eigenvalue weighted by molar-refractivity contribution is 6.35. The molecule has 1 atom stereocenters. The summed E-state index contributed by atoms with van der Waals surface area (Å²) in [7, 11) is 0. The Morgan fingerprint density at radius 3 is 2.34 bits per heavy atom. The molecule has 0 radical (unpaired) electrons. The van der Waals surface area contributed by atoms with Gasteiger partial charge in [-0.05, 0) is 49.3 Å². The third-order valence-electron chi connectivity index (χ3n) is 6.63. The minimum Gasteiger partial charge on any atom is -0.338 e. The largest absolute Gasteiger partial charge is 0.338 e. The first kappa shape index (κ1) is 19.9. The molecule has 0 bridgehead atoms. The van der Waals surface area contributed by atoms with Gasteiger partial charge >= 0.3 is 11.8 Å². The third kappa shape index (κ3) is 4.31. The van der Waals surface area contributed by atoms with Crippen molar-refractivity contribution in [2.24, 2.45) is 5.92 Å². The molecule has 0 N–H and O–H groups in total. The second-order valence-electron chi connectivity index (χ2n) is 8.86. The van der Waals surface area contributed by atoms with Crippen molar-refractivity contribution in [2.75, 3.05) is 26.2 Å². The summed E-state index contributed by atoms with van der Waals surface area (Å²) in [5.74, 6) is -0.113. The fourth-order valence-electron chi connectivity index (χ4n) is 4.93. The predicted octanol–water partition coefficient (Wildman–Crippen LogP) is 2.67. The Morgan fingerprint density at radius 1 is 0.931 bits per heavy atom. The summed E-state index contributed by atoms with van der Waals surface area (Å²) in [5, 5.41) is 0. The van der Waals surface area contributed by atoms with E-state index in [1.165, 1.54) is 6.42 Å². The zero-order valence-corrected chi connectivity index (χ0v) is 17.3. The van der Waals surface area contributed by atoms with Gasteiger partial charge in [0.15, 0.2) is 0 Å². The molecular formula is C23H31N3O3. The number of carbonyl (C=O) groups is 3. The van der Waals surface area contributed by atoms with Gasteiger partial charge in [-0.3, -0.25) is 14.4 Å². The normalized spacial score (nSPS) is 23.8. The predicted molar refractivity (Wildman–Crippen MR) is 110 cm³/mol. The molecule has 6 heteroatoms. The van der Waals surface area contributed by atoms with Crippen molar-refractivity contribution in [3.63, 3.8) is 0 Å². The number of rotatable bonds is 4. The van der Waals surface area contributed by atoms with Crippen molar-refractivity contribution in [3.8, 4) is 0 Å². The number of carbonyl (C=O) groups excluding carboxylic acids is 3. The van der Waals surface area contributed by atoms with Crippen LogP contribution in [0.3, 0.4) is 0 Å². The van der Waals surface area contributed by atoms with Gasteiger partial charge in [0, 0.05) is 44.3 Å². The molecule has 0 aromatic heterocycles. The molecule has 0 spiro atoms. The number of amides is 3. The average molecular weight is 398 g/mol. The van der Waals surface area contributed by atoms with Gasteiger partial charge in [0.25, 0.3) is 5.91 Å². The summed E-state index contributed by atoms with van der Waals surface area (Å²) in [4.78, 5) is 43.2. The lowest BCUT2D eigenvalue weighted by Gasteiger charge is -2.37. The maximum absolute atomic E-state index is 12.7. The topological polar surface area (TPSA) is 60.9 Å². The molecule has 29 heavy (non-hydrogen) atoms. The van der Waals surface area contributed by atoms with Crippen molar-refractivity contribution in [1.29, 1.82) is 0 Å². The summed E-state index contributed by atoms with van der Waals surface area (Å²) in [6.07, 6.45) is 6.58. The second-order valence-corrected chi connectivity index (χ2v) is 8.86. The lowest BCUT2D eigenvalue weighted by molar-refractivity contribution is -0.158. The fraction of sp³-hybridized carbons (Fsp3) is 0.609. The van der Waals surface area contributed by atoms with E-state index >= 15 is 0 Å². The van der Waals surface area contributed by atoms with Crippen LogP contribution in [0.2, 0.25) is 0 Å². The van der Waals surface area contributed by atoms with Gasteiger partial charge in [-0.25, -0.2) is 0 Å². The minimum atomic E-state index is -0.398. The molecule has 3 fully saturated rings. The van der Waals surface area contributed by atoms with Gasteiger partial charge in [0.05, 0.1) is 0 Å². The molecule has 1 aromatic carbocycles. The van der Waals surface area contributed by atoms with Crippen LogP contribution in [0.1, 0.15) is 61.4 Å². The van der Waals surface area contributed by atoms with E-state index in [4.69, 9.17) is 0 Å². The van der Waals surface area contributed by atoms with Crippen LogP contribution in [0.4, 0.5) is 0 Å². The van der Waals surface area contributed by atoms with E-state index in [9.17, 15) is 14.4 Å². The summed E-state index contributed by atoms with van der Waals surface area (Å²) in [6.45, 7) is 5.45. The van der Waals surface area contributed by atoms with Crippen molar-refractivity contribution >= 4 is 17.7 Å². The second kappa shape index (κ2) is 8.56. The Hall–Kier alpha value is -2.37. The van der Waals surface area contributed by atoms with Crippen LogP contribution in [0.25, 0.3) is 0 Å². The minimum absolute atomic E-state index is 0.0829. The lowest BCUT2D eigenvalue weighted by Crippen LogP contribution is -2.56. The summed E-state index contributed by atoms with van der Waals surface area (Å²) in [5.41, 5.74) is 1.64. The highest BCUT2D eigenvalue weighted by atomic mass is 16.2. The summed E-state index contributed by atoms with van der Waals surface area (Å²) in [6, 6.07) is 7.75. The number of likely N-dealkylation sites (tertiary alicyclic amines) is 1. The van der Waals surface area contributed by atoms with E-state index in [1.807, 2.05) is 29.2 Å². The Kier molecular flexibility index (Phi) is 5.88. The Morgan fingerprint density at radius 2 is 1.66 bits per heavy atom. The average Bonchev–Trinajstić information content (AvgIpc) is 3.26. The van der Waals surface area contributed by atoms with Gasteiger partial charge in [-0.1, -0.05) is 31.9 Å². The van der Waals surface area contributed by atoms with Gasteiger partial charge in [-0.15, -0.1) is 0 Å². The van der Waals surface area contributed by atoms with Crippen molar-refractivity contribution < 1.29 is 14.4 Å². The fourth-order valence-corrected chi connectivity index (χ4v) is 4.93.